The Morgan fingerprint density at radius 3 is 1.97 bits per heavy atom. The van der Waals surface area contributed by atoms with Gasteiger partial charge in [-0.25, -0.2) is 0 Å². The van der Waals surface area contributed by atoms with Crippen molar-refractivity contribution < 1.29 is 27.6 Å². The Balaban J connectivity index is 1.66. The number of carbonyl (C=O) groups is 3. The van der Waals surface area contributed by atoms with E-state index in [0.29, 0.717) is 11.3 Å². The molecule has 1 heterocycles. The van der Waals surface area contributed by atoms with Gasteiger partial charge in [0, 0.05) is 42.8 Å². The largest absolute Gasteiger partial charge is 0.417 e. The SMILES string of the molecule is CC(C)(C)C(=O)Nc1cccc(C(=O)N2CCN(C(=O)c3ccccc3C(F)(F)F)CC2)c1. The van der Waals surface area contributed by atoms with Gasteiger partial charge in [-0.2, -0.15) is 13.2 Å². The second-order valence-corrected chi connectivity index (χ2v) is 8.91. The third-order valence-electron chi connectivity index (χ3n) is 5.37. The summed E-state index contributed by atoms with van der Waals surface area (Å²) in [7, 11) is 0. The van der Waals surface area contributed by atoms with E-state index in [1.54, 1.807) is 49.9 Å². The minimum atomic E-state index is -4.63. The summed E-state index contributed by atoms with van der Waals surface area (Å²) in [6.07, 6.45) is -4.63. The maximum Gasteiger partial charge on any atom is 0.417 e. The molecule has 33 heavy (non-hydrogen) atoms. The number of piperazine rings is 1. The zero-order valence-electron chi connectivity index (χ0n) is 18.7. The standard InChI is InChI=1S/C24H26F3N3O3/c1-23(2,3)22(33)28-17-8-6-7-16(15-17)20(31)29-11-13-30(14-12-29)21(32)18-9-4-5-10-19(18)24(25,26)27/h4-10,15H,11-14H2,1-3H3,(H,28,33). The molecule has 0 bridgehead atoms. The van der Waals surface area contributed by atoms with Crippen LogP contribution in [0.15, 0.2) is 48.5 Å². The van der Waals surface area contributed by atoms with Crippen LogP contribution >= 0.6 is 0 Å². The number of rotatable bonds is 3. The number of nitrogens with one attached hydrogen (secondary N) is 1. The molecule has 1 N–H and O–H groups in total. The quantitative estimate of drug-likeness (QED) is 0.742. The second-order valence-electron chi connectivity index (χ2n) is 8.91. The topological polar surface area (TPSA) is 69.7 Å². The summed E-state index contributed by atoms with van der Waals surface area (Å²) >= 11 is 0. The third-order valence-corrected chi connectivity index (χ3v) is 5.37. The number of amides is 3. The number of benzene rings is 2. The Morgan fingerprint density at radius 1 is 0.818 bits per heavy atom. The monoisotopic (exact) mass is 461 g/mol. The molecular weight excluding hydrogens is 435 g/mol. The van der Waals surface area contributed by atoms with Gasteiger partial charge in [0.2, 0.25) is 5.91 Å². The summed E-state index contributed by atoms with van der Waals surface area (Å²) in [4.78, 5) is 40.7. The highest BCUT2D eigenvalue weighted by atomic mass is 19.4. The lowest BCUT2D eigenvalue weighted by Gasteiger charge is -2.35. The number of alkyl halides is 3. The fourth-order valence-corrected chi connectivity index (χ4v) is 3.43. The molecule has 1 aliphatic rings. The number of hydrogen-bond acceptors (Lipinski definition) is 3. The fourth-order valence-electron chi connectivity index (χ4n) is 3.43. The van der Waals surface area contributed by atoms with Crippen LogP contribution in [0.25, 0.3) is 0 Å². The van der Waals surface area contributed by atoms with Crippen molar-refractivity contribution in [1.82, 2.24) is 9.80 Å². The zero-order chi connectivity index (χ0) is 24.4. The van der Waals surface area contributed by atoms with Crippen molar-refractivity contribution >= 4 is 23.4 Å². The zero-order valence-corrected chi connectivity index (χ0v) is 18.7. The Morgan fingerprint density at radius 2 is 1.39 bits per heavy atom. The first kappa shape index (κ1) is 24.3. The van der Waals surface area contributed by atoms with E-state index in [9.17, 15) is 27.6 Å². The Kier molecular flexibility index (Phi) is 6.81. The maximum atomic E-state index is 13.3. The van der Waals surface area contributed by atoms with E-state index in [1.165, 1.54) is 23.1 Å². The van der Waals surface area contributed by atoms with Crippen molar-refractivity contribution in [2.45, 2.75) is 26.9 Å². The number of carbonyl (C=O) groups excluding carboxylic acids is 3. The second kappa shape index (κ2) is 9.25. The minimum Gasteiger partial charge on any atom is -0.335 e. The van der Waals surface area contributed by atoms with E-state index in [-0.39, 0.29) is 38.0 Å². The van der Waals surface area contributed by atoms with Gasteiger partial charge >= 0.3 is 6.18 Å². The van der Waals surface area contributed by atoms with Crippen molar-refractivity contribution in [3.8, 4) is 0 Å². The molecule has 0 unspecified atom stereocenters. The lowest BCUT2D eigenvalue weighted by atomic mass is 9.95. The molecule has 0 radical (unpaired) electrons. The first-order valence-corrected chi connectivity index (χ1v) is 10.5. The van der Waals surface area contributed by atoms with Crippen LogP contribution in [0.5, 0.6) is 0 Å². The molecule has 9 heteroatoms. The molecule has 1 fully saturated rings. The highest BCUT2D eigenvalue weighted by Crippen LogP contribution is 2.32. The summed E-state index contributed by atoms with van der Waals surface area (Å²) in [5, 5.41) is 2.78. The molecule has 3 rings (SSSR count). The molecule has 1 aliphatic heterocycles. The third kappa shape index (κ3) is 5.71. The van der Waals surface area contributed by atoms with E-state index in [0.717, 1.165) is 6.07 Å². The van der Waals surface area contributed by atoms with Gasteiger partial charge in [0.1, 0.15) is 0 Å². The van der Waals surface area contributed by atoms with Gasteiger partial charge in [-0.15, -0.1) is 0 Å². The first-order valence-electron chi connectivity index (χ1n) is 10.5. The van der Waals surface area contributed by atoms with Crippen molar-refractivity contribution in [1.29, 1.82) is 0 Å². The van der Waals surface area contributed by atoms with Crippen molar-refractivity contribution in [2.24, 2.45) is 5.41 Å². The molecule has 0 aromatic heterocycles. The average molecular weight is 461 g/mol. The van der Waals surface area contributed by atoms with Crippen LogP contribution in [0.4, 0.5) is 18.9 Å². The molecule has 0 saturated carbocycles. The van der Waals surface area contributed by atoms with Crippen LogP contribution in [-0.2, 0) is 11.0 Å². The highest BCUT2D eigenvalue weighted by molar-refractivity contribution is 5.99. The minimum absolute atomic E-state index is 0.122. The van der Waals surface area contributed by atoms with Crippen molar-refractivity contribution in [2.75, 3.05) is 31.5 Å². The molecule has 6 nitrogen and oxygen atoms in total. The van der Waals surface area contributed by atoms with E-state index in [2.05, 4.69) is 5.32 Å². The van der Waals surface area contributed by atoms with Crippen LogP contribution in [0.2, 0.25) is 0 Å². The van der Waals surface area contributed by atoms with Crippen LogP contribution in [0, 0.1) is 5.41 Å². The van der Waals surface area contributed by atoms with Gasteiger partial charge in [-0.1, -0.05) is 39.0 Å². The van der Waals surface area contributed by atoms with Crippen molar-refractivity contribution in [3.05, 3.63) is 65.2 Å². The molecule has 0 aliphatic carbocycles. The fraction of sp³-hybridized carbons (Fsp3) is 0.375. The average Bonchev–Trinajstić information content (AvgIpc) is 2.77. The van der Waals surface area contributed by atoms with Crippen LogP contribution in [0.3, 0.4) is 0 Å². The Bertz CT molecular complexity index is 1050. The highest BCUT2D eigenvalue weighted by Gasteiger charge is 2.36. The van der Waals surface area contributed by atoms with Crippen molar-refractivity contribution in [3.63, 3.8) is 0 Å². The molecule has 0 atom stereocenters. The van der Waals surface area contributed by atoms with E-state index < -0.39 is 28.6 Å². The van der Waals surface area contributed by atoms with E-state index in [4.69, 9.17) is 0 Å². The predicted molar refractivity (Wildman–Crippen MR) is 118 cm³/mol. The Hall–Kier alpha value is -3.36. The number of nitrogens with zero attached hydrogens (tertiary/aromatic N) is 2. The number of anilines is 1. The summed E-state index contributed by atoms with van der Waals surface area (Å²) < 4.78 is 39.8. The van der Waals surface area contributed by atoms with E-state index >= 15 is 0 Å². The maximum absolute atomic E-state index is 13.3. The molecule has 176 valence electrons. The molecule has 2 aromatic rings. The summed E-state index contributed by atoms with van der Waals surface area (Å²) in [6.45, 7) is 5.98. The normalized spacial score (nSPS) is 14.7. The van der Waals surface area contributed by atoms with E-state index in [1.807, 2.05) is 0 Å². The summed E-state index contributed by atoms with van der Waals surface area (Å²) in [5.74, 6) is -1.16. The Labute approximate surface area is 190 Å². The first-order chi connectivity index (χ1) is 15.4. The lowest BCUT2D eigenvalue weighted by Crippen LogP contribution is -2.50. The van der Waals surface area contributed by atoms with Gasteiger partial charge in [-0.3, -0.25) is 14.4 Å². The van der Waals surface area contributed by atoms with Gasteiger partial charge < -0.3 is 15.1 Å². The van der Waals surface area contributed by atoms with Gasteiger partial charge in [0.25, 0.3) is 11.8 Å². The lowest BCUT2D eigenvalue weighted by molar-refractivity contribution is -0.138. The van der Waals surface area contributed by atoms with Crippen LogP contribution in [0.1, 0.15) is 47.1 Å². The summed E-state index contributed by atoms with van der Waals surface area (Å²) in [5.41, 5.74) is -1.08. The smallest absolute Gasteiger partial charge is 0.335 e. The molecule has 2 aromatic carbocycles. The number of halogens is 3. The number of hydrogen-bond donors (Lipinski definition) is 1. The van der Waals surface area contributed by atoms with Gasteiger partial charge in [0.15, 0.2) is 0 Å². The predicted octanol–water partition coefficient (Wildman–Crippen LogP) is 4.29. The van der Waals surface area contributed by atoms with Gasteiger partial charge in [-0.05, 0) is 30.3 Å². The molecular formula is C24H26F3N3O3. The van der Waals surface area contributed by atoms with Crippen LogP contribution in [-0.4, -0.2) is 53.7 Å². The van der Waals surface area contributed by atoms with Gasteiger partial charge in [0.05, 0.1) is 11.1 Å². The summed E-state index contributed by atoms with van der Waals surface area (Å²) in [6, 6.07) is 11.3. The molecule has 0 spiro atoms. The molecule has 3 amide bonds. The molecule has 1 saturated heterocycles. The van der Waals surface area contributed by atoms with Crippen LogP contribution < -0.4 is 5.32 Å².